The summed E-state index contributed by atoms with van der Waals surface area (Å²) >= 11 is 1.67. The zero-order chi connectivity index (χ0) is 32.9. The van der Waals surface area contributed by atoms with Crippen LogP contribution in [0.2, 0.25) is 0 Å². The molecule has 0 atom stereocenters. The molecule has 0 aliphatic heterocycles. The monoisotopic (exact) mass is 634 g/mol. The third kappa shape index (κ3) is 6.46. The van der Waals surface area contributed by atoms with Gasteiger partial charge < -0.3 is 10.2 Å². The Bertz CT molecular complexity index is 1760. The first kappa shape index (κ1) is 32.2. The number of benzene rings is 6. The van der Waals surface area contributed by atoms with E-state index < -0.39 is 0 Å². The van der Waals surface area contributed by atoms with E-state index in [1.54, 1.807) is 11.8 Å². The van der Waals surface area contributed by atoms with Gasteiger partial charge in [0.15, 0.2) is 0 Å². The molecule has 0 fully saturated rings. The van der Waals surface area contributed by atoms with E-state index in [4.69, 9.17) is 0 Å². The summed E-state index contributed by atoms with van der Waals surface area (Å²) in [5.74, 6) is 0.606. The molecular weight excluding hydrogens is 593 g/mol. The molecule has 47 heavy (non-hydrogen) atoms. The quantitative estimate of drug-likeness (QED) is 0.157. The summed E-state index contributed by atoms with van der Waals surface area (Å²) in [6.45, 7) is 8.63. The summed E-state index contributed by atoms with van der Waals surface area (Å²) in [6, 6.07) is 41.9. The van der Waals surface area contributed by atoms with E-state index in [0.717, 1.165) is 80.0 Å². The highest BCUT2D eigenvalue weighted by atomic mass is 32.2. The molecule has 0 amide bonds. The Labute approximate surface area is 283 Å². The van der Waals surface area contributed by atoms with Crippen LogP contribution in [0.1, 0.15) is 49.9 Å². The highest BCUT2D eigenvalue weighted by Gasteiger charge is 2.21. The van der Waals surface area contributed by atoms with Crippen LogP contribution in [0.25, 0.3) is 44.5 Å². The van der Waals surface area contributed by atoms with E-state index in [0.29, 0.717) is 11.5 Å². The molecule has 0 aliphatic rings. The fourth-order valence-corrected chi connectivity index (χ4v) is 7.64. The second-order valence-electron chi connectivity index (χ2n) is 11.9. The first-order chi connectivity index (χ1) is 23.0. The Morgan fingerprint density at radius 2 is 0.596 bits per heavy atom. The summed E-state index contributed by atoms with van der Waals surface area (Å²) in [5.41, 5.74) is 12.3. The van der Waals surface area contributed by atoms with Gasteiger partial charge in [0.25, 0.3) is 0 Å². The molecule has 2 N–H and O–H groups in total. The molecule has 3 heteroatoms. The van der Waals surface area contributed by atoms with E-state index in [9.17, 15) is 10.2 Å². The molecule has 236 valence electrons. The predicted molar refractivity (Wildman–Crippen MR) is 200 cm³/mol. The number of phenols is 2. The van der Waals surface area contributed by atoms with Gasteiger partial charge in [0.05, 0.1) is 0 Å². The largest absolute Gasteiger partial charge is 0.507 e. The average molecular weight is 635 g/mol. The lowest BCUT2D eigenvalue weighted by Gasteiger charge is -2.19. The molecule has 0 aromatic heterocycles. The van der Waals surface area contributed by atoms with Gasteiger partial charge in [-0.3, -0.25) is 0 Å². The lowest BCUT2D eigenvalue weighted by molar-refractivity contribution is 0.478. The van der Waals surface area contributed by atoms with Crippen LogP contribution in [-0.2, 0) is 25.7 Å². The van der Waals surface area contributed by atoms with Crippen LogP contribution in [0, 0.1) is 0 Å². The van der Waals surface area contributed by atoms with Gasteiger partial charge in [-0.15, -0.1) is 0 Å². The highest BCUT2D eigenvalue weighted by Crippen LogP contribution is 2.48. The smallest absolute Gasteiger partial charge is 0.131 e. The molecule has 6 aromatic rings. The minimum absolute atomic E-state index is 0.303. The van der Waals surface area contributed by atoms with Gasteiger partial charge in [0.1, 0.15) is 11.5 Å². The van der Waals surface area contributed by atoms with E-state index in [1.165, 1.54) is 22.3 Å². The lowest BCUT2D eigenvalue weighted by atomic mass is 9.91. The van der Waals surface area contributed by atoms with E-state index in [1.807, 2.05) is 24.3 Å². The predicted octanol–water partition coefficient (Wildman–Crippen LogP) is 12.2. The van der Waals surface area contributed by atoms with Crippen LogP contribution in [0.3, 0.4) is 0 Å². The molecule has 2 nitrogen and oxygen atoms in total. The van der Waals surface area contributed by atoms with Crippen molar-refractivity contribution < 1.29 is 10.2 Å². The van der Waals surface area contributed by atoms with Crippen LogP contribution in [0.15, 0.2) is 131 Å². The molecule has 0 saturated carbocycles. The number of hydrogen-bond donors (Lipinski definition) is 2. The molecule has 0 unspecified atom stereocenters. The van der Waals surface area contributed by atoms with E-state index in [2.05, 4.69) is 125 Å². The van der Waals surface area contributed by atoms with Gasteiger partial charge in [0, 0.05) is 32.0 Å². The summed E-state index contributed by atoms with van der Waals surface area (Å²) in [5, 5.41) is 23.8. The van der Waals surface area contributed by atoms with E-state index >= 15 is 0 Å². The maximum Gasteiger partial charge on any atom is 0.131 e. The van der Waals surface area contributed by atoms with Crippen molar-refractivity contribution in [1.29, 1.82) is 0 Å². The van der Waals surface area contributed by atoms with Gasteiger partial charge in [-0.1, -0.05) is 137 Å². The van der Waals surface area contributed by atoms with Crippen LogP contribution in [0.5, 0.6) is 11.5 Å². The van der Waals surface area contributed by atoms with Gasteiger partial charge in [-0.05, 0) is 94.5 Å². The fourth-order valence-electron chi connectivity index (χ4n) is 6.66. The summed E-state index contributed by atoms with van der Waals surface area (Å²) in [6.07, 6.45) is 3.47. The van der Waals surface area contributed by atoms with Crippen molar-refractivity contribution in [2.24, 2.45) is 0 Å². The number of hydrogen-bond acceptors (Lipinski definition) is 3. The van der Waals surface area contributed by atoms with Crippen molar-refractivity contribution in [2.45, 2.75) is 63.2 Å². The highest BCUT2D eigenvalue weighted by molar-refractivity contribution is 7.99. The summed E-state index contributed by atoms with van der Waals surface area (Å²) in [7, 11) is 0. The van der Waals surface area contributed by atoms with Crippen molar-refractivity contribution in [3.63, 3.8) is 0 Å². The number of phenolic OH excluding ortho intramolecular Hbond substituents is 2. The maximum atomic E-state index is 11.9. The Hall–Kier alpha value is -4.73. The van der Waals surface area contributed by atoms with Crippen LogP contribution < -0.4 is 0 Å². The third-order valence-electron chi connectivity index (χ3n) is 9.16. The zero-order valence-corrected chi connectivity index (χ0v) is 28.5. The number of aryl methyl sites for hydroxylation is 4. The van der Waals surface area contributed by atoms with Crippen molar-refractivity contribution in [2.75, 3.05) is 0 Å². The first-order valence-electron chi connectivity index (χ1n) is 16.7. The molecule has 0 spiro atoms. The molecule has 0 radical (unpaired) electrons. The zero-order valence-electron chi connectivity index (χ0n) is 27.7. The Morgan fingerprint density at radius 1 is 0.362 bits per heavy atom. The van der Waals surface area contributed by atoms with Crippen LogP contribution in [0.4, 0.5) is 0 Å². The minimum atomic E-state index is 0.303. The molecule has 6 aromatic carbocycles. The standard InChI is InChI=1S/C44H42O2S/c1-5-29-17-9-13-21-35(29)39-25-33(26-40(43(39)45)36-22-14-10-18-30(36)6-2)47-34-27-41(37-23-15-11-19-31(37)7-3)44(46)42(28-34)38-24-16-12-20-32(38)8-4/h9-28,45-46H,5-8H2,1-4H3. The molecule has 0 heterocycles. The Morgan fingerprint density at radius 3 is 0.830 bits per heavy atom. The second-order valence-corrected chi connectivity index (χ2v) is 13.0. The van der Waals surface area contributed by atoms with Gasteiger partial charge in [0.2, 0.25) is 0 Å². The van der Waals surface area contributed by atoms with Gasteiger partial charge >= 0.3 is 0 Å². The number of rotatable bonds is 10. The average Bonchev–Trinajstić information content (AvgIpc) is 3.12. The molecule has 0 aliphatic carbocycles. The second kappa shape index (κ2) is 14.4. The van der Waals surface area contributed by atoms with Crippen molar-refractivity contribution in [3.8, 4) is 56.0 Å². The van der Waals surface area contributed by atoms with Crippen molar-refractivity contribution >= 4 is 11.8 Å². The van der Waals surface area contributed by atoms with E-state index in [-0.39, 0.29) is 0 Å². The SMILES string of the molecule is CCc1ccccc1-c1cc(Sc2cc(-c3ccccc3CC)c(O)c(-c3ccccc3CC)c2)cc(-c2ccccc2CC)c1O. The Kier molecular flexibility index (Phi) is 9.84. The summed E-state index contributed by atoms with van der Waals surface area (Å²) in [4.78, 5) is 2.06. The van der Waals surface area contributed by atoms with Crippen molar-refractivity contribution in [1.82, 2.24) is 0 Å². The maximum absolute atomic E-state index is 11.9. The summed E-state index contributed by atoms with van der Waals surface area (Å²) < 4.78 is 0. The Balaban J connectivity index is 1.59. The fraction of sp³-hybridized carbons (Fsp3) is 0.182. The number of aromatic hydroxyl groups is 2. The topological polar surface area (TPSA) is 40.5 Å². The third-order valence-corrected chi connectivity index (χ3v) is 10.1. The minimum Gasteiger partial charge on any atom is -0.507 e. The molecular formula is C44H42O2S. The molecule has 0 bridgehead atoms. The lowest BCUT2D eigenvalue weighted by Crippen LogP contribution is -1.94. The van der Waals surface area contributed by atoms with Crippen LogP contribution in [-0.4, -0.2) is 10.2 Å². The molecule has 0 saturated heterocycles. The van der Waals surface area contributed by atoms with Gasteiger partial charge in [-0.2, -0.15) is 0 Å². The van der Waals surface area contributed by atoms with Crippen LogP contribution >= 0.6 is 11.8 Å². The van der Waals surface area contributed by atoms with Gasteiger partial charge in [-0.25, -0.2) is 0 Å². The first-order valence-corrected chi connectivity index (χ1v) is 17.5. The normalized spacial score (nSPS) is 11.1. The van der Waals surface area contributed by atoms with Crippen molar-refractivity contribution in [3.05, 3.63) is 144 Å². The molecule has 6 rings (SSSR count).